The van der Waals surface area contributed by atoms with Crippen LogP contribution in [0.3, 0.4) is 0 Å². The number of hydrogen-bond donors (Lipinski definition) is 0. The SMILES string of the molecule is CCOC(=O)Oc1ccc[c]c1OC. The Hall–Kier alpha value is -1.71. The molecule has 0 aliphatic carbocycles. The third-order valence-electron chi connectivity index (χ3n) is 1.44. The van der Waals surface area contributed by atoms with Crippen LogP contribution in [0.25, 0.3) is 0 Å². The zero-order chi connectivity index (χ0) is 10.4. The van der Waals surface area contributed by atoms with Crippen LogP contribution in [0.5, 0.6) is 11.5 Å². The summed E-state index contributed by atoms with van der Waals surface area (Å²) in [7, 11) is 1.48. The third-order valence-corrected chi connectivity index (χ3v) is 1.44. The highest BCUT2D eigenvalue weighted by Crippen LogP contribution is 2.25. The van der Waals surface area contributed by atoms with Crippen molar-refractivity contribution in [3.63, 3.8) is 0 Å². The van der Waals surface area contributed by atoms with Crippen LogP contribution in [-0.4, -0.2) is 19.9 Å². The standard InChI is InChI=1S/C10H11O4/c1-3-13-10(11)14-9-7-5-4-6-8(9)12-2/h4-5,7H,3H2,1-2H3. The zero-order valence-electron chi connectivity index (χ0n) is 8.07. The Morgan fingerprint density at radius 3 is 3.00 bits per heavy atom. The average Bonchev–Trinajstić information content (AvgIpc) is 2.19. The Morgan fingerprint density at radius 2 is 2.36 bits per heavy atom. The molecule has 0 bridgehead atoms. The van der Waals surface area contributed by atoms with Crippen molar-refractivity contribution in [2.75, 3.05) is 13.7 Å². The smallest absolute Gasteiger partial charge is 0.492 e. The number of ether oxygens (including phenoxy) is 3. The van der Waals surface area contributed by atoms with Gasteiger partial charge in [0.05, 0.1) is 13.7 Å². The van der Waals surface area contributed by atoms with E-state index in [1.807, 2.05) is 0 Å². The first-order valence-corrected chi connectivity index (χ1v) is 4.17. The number of benzene rings is 1. The van der Waals surface area contributed by atoms with E-state index in [1.165, 1.54) is 7.11 Å². The molecule has 0 aliphatic heterocycles. The molecule has 4 heteroatoms. The van der Waals surface area contributed by atoms with E-state index >= 15 is 0 Å². The van der Waals surface area contributed by atoms with Gasteiger partial charge in [-0.2, -0.15) is 0 Å². The van der Waals surface area contributed by atoms with Gasteiger partial charge < -0.3 is 14.2 Å². The maximum Gasteiger partial charge on any atom is 0.513 e. The van der Waals surface area contributed by atoms with Gasteiger partial charge in [0.2, 0.25) is 0 Å². The summed E-state index contributed by atoms with van der Waals surface area (Å²) in [6.45, 7) is 1.98. The van der Waals surface area contributed by atoms with Gasteiger partial charge >= 0.3 is 6.16 Å². The molecule has 0 aromatic heterocycles. The summed E-state index contributed by atoms with van der Waals surface area (Å²) in [6, 6.07) is 7.74. The van der Waals surface area contributed by atoms with Gasteiger partial charge in [-0.15, -0.1) is 0 Å². The summed E-state index contributed by atoms with van der Waals surface area (Å²) in [5.74, 6) is 0.675. The average molecular weight is 195 g/mol. The monoisotopic (exact) mass is 195 g/mol. The molecule has 0 fully saturated rings. The molecular weight excluding hydrogens is 184 g/mol. The molecule has 4 nitrogen and oxygen atoms in total. The maximum absolute atomic E-state index is 11.0. The lowest BCUT2D eigenvalue weighted by atomic mass is 10.3. The van der Waals surface area contributed by atoms with Crippen molar-refractivity contribution in [2.45, 2.75) is 6.92 Å². The molecule has 0 spiro atoms. The van der Waals surface area contributed by atoms with Gasteiger partial charge in [-0.1, -0.05) is 12.1 Å². The first-order valence-electron chi connectivity index (χ1n) is 4.17. The number of rotatable bonds is 3. The minimum atomic E-state index is -0.745. The van der Waals surface area contributed by atoms with E-state index in [1.54, 1.807) is 25.1 Å². The van der Waals surface area contributed by atoms with Gasteiger partial charge in [0.1, 0.15) is 0 Å². The van der Waals surface area contributed by atoms with Crippen LogP contribution in [0.4, 0.5) is 4.79 Å². The lowest BCUT2D eigenvalue weighted by Crippen LogP contribution is -2.10. The highest BCUT2D eigenvalue weighted by molar-refractivity contribution is 5.65. The number of hydrogen-bond acceptors (Lipinski definition) is 4. The lowest BCUT2D eigenvalue weighted by Gasteiger charge is -2.07. The fraction of sp³-hybridized carbons (Fsp3) is 0.300. The minimum absolute atomic E-state index is 0.275. The number of carbonyl (C=O) groups is 1. The van der Waals surface area contributed by atoms with E-state index in [0.29, 0.717) is 11.5 Å². The zero-order valence-corrected chi connectivity index (χ0v) is 8.07. The molecule has 75 valence electrons. The topological polar surface area (TPSA) is 44.8 Å². The molecule has 1 aromatic carbocycles. The number of methoxy groups -OCH3 is 1. The molecule has 0 N–H and O–H groups in total. The minimum Gasteiger partial charge on any atom is -0.492 e. The Morgan fingerprint density at radius 1 is 1.57 bits per heavy atom. The van der Waals surface area contributed by atoms with Gasteiger partial charge in [0.15, 0.2) is 11.5 Å². The van der Waals surface area contributed by atoms with Crippen molar-refractivity contribution in [1.82, 2.24) is 0 Å². The number of para-hydroxylation sites is 1. The van der Waals surface area contributed by atoms with Crippen molar-refractivity contribution in [3.05, 3.63) is 24.3 Å². The Bertz CT molecular complexity index is 309. The highest BCUT2D eigenvalue weighted by Gasteiger charge is 2.09. The summed E-state index contributed by atoms with van der Waals surface area (Å²) >= 11 is 0. The summed E-state index contributed by atoms with van der Waals surface area (Å²) < 4.78 is 14.4. The molecule has 1 aromatic rings. The Labute approximate surface area is 82.4 Å². The van der Waals surface area contributed by atoms with E-state index in [4.69, 9.17) is 9.47 Å². The van der Waals surface area contributed by atoms with Crippen molar-refractivity contribution in [1.29, 1.82) is 0 Å². The van der Waals surface area contributed by atoms with Gasteiger partial charge in [-0.25, -0.2) is 4.79 Å². The second-order valence-electron chi connectivity index (χ2n) is 2.35. The van der Waals surface area contributed by atoms with E-state index < -0.39 is 6.16 Å². The van der Waals surface area contributed by atoms with Gasteiger partial charge in [-0.05, 0) is 13.0 Å². The fourth-order valence-corrected chi connectivity index (χ4v) is 0.883. The molecular formula is C10H11O4. The van der Waals surface area contributed by atoms with Crippen LogP contribution in [0, 0.1) is 6.07 Å². The van der Waals surface area contributed by atoms with Gasteiger partial charge in [0.25, 0.3) is 0 Å². The quantitative estimate of drug-likeness (QED) is 0.546. The highest BCUT2D eigenvalue weighted by atomic mass is 16.7. The van der Waals surface area contributed by atoms with Gasteiger partial charge in [0, 0.05) is 6.07 Å². The molecule has 0 unspecified atom stereocenters. The summed E-state index contributed by atoms with van der Waals surface area (Å²) in [5, 5.41) is 0. The first kappa shape index (κ1) is 10.4. The van der Waals surface area contributed by atoms with Crippen molar-refractivity contribution >= 4 is 6.16 Å². The molecule has 0 saturated heterocycles. The normalized spacial score (nSPS) is 9.29. The van der Waals surface area contributed by atoms with Crippen molar-refractivity contribution < 1.29 is 19.0 Å². The predicted octanol–water partition coefficient (Wildman–Crippen LogP) is 2.03. The molecule has 0 aliphatic rings. The van der Waals surface area contributed by atoms with E-state index in [2.05, 4.69) is 10.8 Å². The largest absolute Gasteiger partial charge is 0.513 e. The fourth-order valence-electron chi connectivity index (χ4n) is 0.883. The van der Waals surface area contributed by atoms with Crippen molar-refractivity contribution in [2.24, 2.45) is 0 Å². The molecule has 0 saturated carbocycles. The summed E-state index contributed by atoms with van der Waals surface area (Å²) in [4.78, 5) is 11.0. The molecule has 0 heterocycles. The van der Waals surface area contributed by atoms with E-state index in [0.717, 1.165) is 0 Å². The van der Waals surface area contributed by atoms with Crippen molar-refractivity contribution in [3.8, 4) is 11.5 Å². The Balaban J connectivity index is 2.70. The molecule has 14 heavy (non-hydrogen) atoms. The van der Waals surface area contributed by atoms with Crippen LogP contribution in [0.2, 0.25) is 0 Å². The van der Waals surface area contributed by atoms with E-state index in [-0.39, 0.29) is 6.61 Å². The van der Waals surface area contributed by atoms with Crippen LogP contribution in [0.15, 0.2) is 18.2 Å². The van der Waals surface area contributed by atoms with E-state index in [9.17, 15) is 4.79 Å². The second-order valence-corrected chi connectivity index (χ2v) is 2.35. The molecule has 1 radical (unpaired) electrons. The van der Waals surface area contributed by atoms with Crippen LogP contribution in [0.1, 0.15) is 6.92 Å². The molecule has 0 amide bonds. The predicted molar refractivity (Wildman–Crippen MR) is 49.5 cm³/mol. The molecule has 0 atom stereocenters. The summed E-state index contributed by atoms with van der Waals surface area (Å²) in [6.07, 6.45) is -0.745. The molecule has 1 rings (SSSR count). The maximum atomic E-state index is 11.0. The Kier molecular flexibility index (Phi) is 3.79. The van der Waals surface area contributed by atoms with Gasteiger partial charge in [-0.3, -0.25) is 0 Å². The number of carbonyl (C=O) groups excluding carboxylic acids is 1. The summed E-state index contributed by atoms with van der Waals surface area (Å²) in [5.41, 5.74) is 0. The lowest BCUT2D eigenvalue weighted by molar-refractivity contribution is 0.103. The first-order chi connectivity index (χ1) is 6.77. The van der Waals surface area contributed by atoms with Crippen LogP contribution >= 0.6 is 0 Å². The van der Waals surface area contributed by atoms with Crippen LogP contribution < -0.4 is 9.47 Å². The van der Waals surface area contributed by atoms with Crippen LogP contribution in [-0.2, 0) is 4.74 Å². The second kappa shape index (κ2) is 5.11. The third kappa shape index (κ3) is 2.65.